The number of aromatic nitrogens is 2. The normalized spacial score (nSPS) is 11.5. The summed E-state index contributed by atoms with van der Waals surface area (Å²) >= 11 is 2.84. The molecule has 2 aromatic carbocycles. The van der Waals surface area contributed by atoms with Crippen molar-refractivity contribution >= 4 is 50.8 Å². The second kappa shape index (κ2) is 9.80. The van der Waals surface area contributed by atoms with Crippen LogP contribution in [0.3, 0.4) is 0 Å². The van der Waals surface area contributed by atoms with E-state index in [0.717, 1.165) is 10.5 Å². The van der Waals surface area contributed by atoms with Crippen LogP contribution >= 0.6 is 23.5 Å². The summed E-state index contributed by atoms with van der Waals surface area (Å²) < 4.78 is 27.8. The minimum absolute atomic E-state index is 0.0514. The van der Waals surface area contributed by atoms with Crippen molar-refractivity contribution in [2.24, 2.45) is 0 Å². The molecule has 1 amide bonds. The molecule has 1 heterocycles. The lowest BCUT2D eigenvalue weighted by atomic mass is 10.2. The van der Waals surface area contributed by atoms with Gasteiger partial charge in [0.2, 0.25) is 15.7 Å². The number of nitrogens with two attached hydrogens (primary N) is 1. The summed E-state index contributed by atoms with van der Waals surface area (Å²) in [5.74, 6) is 0.213. The van der Waals surface area contributed by atoms with Crippen molar-refractivity contribution in [1.82, 2.24) is 9.78 Å². The molecule has 0 fully saturated rings. The maximum atomic E-state index is 13.3. The minimum atomic E-state index is -3.89. The van der Waals surface area contributed by atoms with E-state index < -0.39 is 9.84 Å². The number of nitrogen functional groups attached to an aromatic ring is 1. The summed E-state index contributed by atoms with van der Waals surface area (Å²) in [5.41, 5.74) is 7.80. The highest BCUT2D eigenvalue weighted by molar-refractivity contribution is 8.00. The van der Waals surface area contributed by atoms with Crippen molar-refractivity contribution in [3.8, 4) is 0 Å². The molecule has 31 heavy (non-hydrogen) atoms. The Morgan fingerprint density at radius 1 is 1.19 bits per heavy atom. The summed E-state index contributed by atoms with van der Waals surface area (Å²) in [7, 11) is -3.89. The summed E-state index contributed by atoms with van der Waals surface area (Å²) in [6, 6.07) is 14.0. The minimum Gasteiger partial charge on any atom is -0.383 e. The monoisotopic (exact) mass is 476 g/mol. The van der Waals surface area contributed by atoms with Crippen molar-refractivity contribution in [3.05, 3.63) is 54.1 Å². The van der Waals surface area contributed by atoms with Crippen LogP contribution in [0.15, 0.2) is 68.2 Å². The fraction of sp³-hybridized carbons (Fsp3) is 0.238. The van der Waals surface area contributed by atoms with Crippen molar-refractivity contribution in [2.75, 3.05) is 23.1 Å². The van der Waals surface area contributed by atoms with E-state index in [0.29, 0.717) is 11.4 Å². The number of benzene rings is 2. The number of carbonyl (C=O) groups is 1. The Kier molecular flexibility index (Phi) is 7.34. The van der Waals surface area contributed by atoms with E-state index in [1.54, 1.807) is 42.1 Å². The van der Waals surface area contributed by atoms with Gasteiger partial charge >= 0.3 is 0 Å². The number of anilines is 2. The second-order valence-electron chi connectivity index (χ2n) is 6.71. The molecule has 3 aromatic rings. The van der Waals surface area contributed by atoms with Gasteiger partial charge in [0.05, 0.1) is 4.90 Å². The van der Waals surface area contributed by atoms with Gasteiger partial charge in [0.15, 0.2) is 0 Å². The number of rotatable bonds is 8. The first-order chi connectivity index (χ1) is 14.8. The van der Waals surface area contributed by atoms with Gasteiger partial charge in [-0.25, -0.2) is 13.1 Å². The fourth-order valence-electron chi connectivity index (χ4n) is 2.91. The van der Waals surface area contributed by atoms with Crippen LogP contribution in [0, 0.1) is 6.92 Å². The highest BCUT2D eigenvalue weighted by atomic mass is 32.2. The predicted molar refractivity (Wildman–Crippen MR) is 127 cm³/mol. The number of hydrogen-bond acceptors (Lipinski definition) is 7. The Hall–Kier alpha value is -2.43. The van der Waals surface area contributed by atoms with E-state index in [4.69, 9.17) is 5.73 Å². The van der Waals surface area contributed by atoms with E-state index in [9.17, 15) is 13.2 Å². The molecule has 10 heteroatoms. The van der Waals surface area contributed by atoms with Crippen LogP contribution in [-0.2, 0) is 21.2 Å². The highest BCUT2D eigenvalue weighted by Gasteiger charge is 2.30. The lowest BCUT2D eigenvalue weighted by Crippen LogP contribution is -2.21. The Morgan fingerprint density at radius 3 is 2.55 bits per heavy atom. The van der Waals surface area contributed by atoms with Gasteiger partial charge in [-0.05, 0) is 49.3 Å². The fourth-order valence-corrected chi connectivity index (χ4v) is 5.92. The van der Waals surface area contributed by atoms with Crippen LogP contribution in [0.4, 0.5) is 11.5 Å². The molecule has 0 aliphatic carbocycles. The molecule has 0 aliphatic rings. The Balaban J connectivity index is 1.92. The van der Waals surface area contributed by atoms with Crippen molar-refractivity contribution < 1.29 is 13.2 Å². The molecule has 0 radical (unpaired) electrons. The molecule has 3 rings (SSSR count). The zero-order valence-electron chi connectivity index (χ0n) is 17.5. The number of hydrogen-bond donors (Lipinski definition) is 2. The molecule has 0 saturated heterocycles. The number of sulfone groups is 1. The number of nitrogens with zero attached hydrogens (tertiary/aromatic N) is 2. The molecule has 0 bridgehead atoms. The summed E-state index contributed by atoms with van der Waals surface area (Å²) in [5, 5.41) is 7.43. The van der Waals surface area contributed by atoms with Gasteiger partial charge in [0, 0.05) is 10.6 Å². The molecule has 0 atom stereocenters. The first-order valence-corrected chi connectivity index (χ1v) is 13.2. The van der Waals surface area contributed by atoms with Gasteiger partial charge in [-0.2, -0.15) is 5.10 Å². The Morgan fingerprint density at radius 2 is 1.90 bits per heavy atom. The number of nitrogens with one attached hydrogen (secondary N) is 1. The molecule has 1 aromatic heterocycles. The first kappa shape index (κ1) is 23.2. The maximum absolute atomic E-state index is 13.3. The van der Waals surface area contributed by atoms with Crippen LogP contribution in [0.2, 0.25) is 0 Å². The summed E-state index contributed by atoms with van der Waals surface area (Å²) in [6.07, 6.45) is 1.95. The quantitative estimate of drug-likeness (QED) is 0.472. The second-order valence-corrected chi connectivity index (χ2v) is 10.7. The average molecular weight is 477 g/mol. The van der Waals surface area contributed by atoms with Gasteiger partial charge in [-0.3, -0.25) is 4.79 Å². The third-order valence-corrected chi connectivity index (χ3v) is 7.98. The van der Waals surface area contributed by atoms with Crippen LogP contribution in [0.1, 0.15) is 12.5 Å². The van der Waals surface area contributed by atoms with Gasteiger partial charge in [0.1, 0.15) is 22.3 Å². The molecule has 0 aliphatic heterocycles. The van der Waals surface area contributed by atoms with E-state index in [-0.39, 0.29) is 33.1 Å². The molecule has 0 spiro atoms. The predicted octanol–water partition coefficient (Wildman–Crippen LogP) is 4.08. The molecular formula is C21H24N4O3S3. The third kappa shape index (κ3) is 5.25. The lowest BCUT2D eigenvalue weighted by Gasteiger charge is -2.08. The number of thioether (sulfide) groups is 2. The van der Waals surface area contributed by atoms with Crippen LogP contribution in [-0.4, -0.2) is 36.1 Å². The van der Waals surface area contributed by atoms with Gasteiger partial charge in [0.25, 0.3) is 0 Å². The highest BCUT2D eigenvalue weighted by Crippen LogP contribution is 2.35. The maximum Gasteiger partial charge on any atom is 0.246 e. The summed E-state index contributed by atoms with van der Waals surface area (Å²) in [6.45, 7) is 3.58. The third-order valence-electron chi connectivity index (χ3n) is 4.44. The molecule has 0 unspecified atom stereocenters. The number of amides is 1. The number of aryl methyl sites for hydroxylation is 1. The lowest BCUT2D eigenvalue weighted by molar-refractivity contribution is -0.116. The molecular weight excluding hydrogens is 452 g/mol. The molecule has 0 saturated carbocycles. The van der Waals surface area contributed by atoms with Crippen LogP contribution in [0.5, 0.6) is 0 Å². The van der Waals surface area contributed by atoms with E-state index in [1.165, 1.54) is 16.4 Å². The van der Waals surface area contributed by atoms with Crippen LogP contribution in [0.25, 0.3) is 0 Å². The van der Waals surface area contributed by atoms with Crippen molar-refractivity contribution in [1.29, 1.82) is 0 Å². The van der Waals surface area contributed by atoms with E-state index >= 15 is 0 Å². The summed E-state index contributed by atoms with van der Waals surface area (Å²) in [4.78, 5) is 13.7. The molecule has 7 nitrogen and oxygen atoms in total. The molecule has 3 N–H and O–H groups in total. The number of carbonyl (C=O) groups excluding carboxylic acids is 1. The Bertz CT molecular complexity index is 1190. The topological polar surface area (TPSA) is 107 Å². The SMILES string of the molecule is CCSc1nn(CC(=O)Nc2cccc(SC)c2)c(N)c1S(=O)(=O)c1ccc(C)cc1. The van der Waals surface area contributed by atoms with Gasteiger partial charge in [-0.1, -0.05) is 30.7 Å². The van der Waals surface area contributed by atoms with E-state index in [1.807, 2.05) is 38.3 Å². The Labute approximate surface area is 190 Å². The van der Waals surface area contributed by atoms with Crippen molar-refractivity contribution in [3.63, 3.8) is 0 Å². The van der Waals surface area contributed by atoms with Crippen molar-refractivity contribution in [2.45, 2.75) is 40.1 Å². The van der Waals surface area contributed by atoms with Gasteiger partial charge in [-0.15, -0.1) is 23.5 Å². The smallest absolute Gasteiger partial charge is 0.246 e. The molecule has 164 valence electrons. The zero-order chi connectivity index (χ0) is 22.6. The largest absolute Gasteiger partial charge is 0.383 e. The van der Waals surface area contributed by atoms with Crippen LogP contribution < -0.4 is 11.1 Å². The zero-order valence-corrected chi connectivity index (χ0v) is 19.9. The standard InChI is InChI=1S/C21H24N4O3S3/c1-4-30-21-19(31(27,28)17-10-8-14(2)9-11-17)20(22)25(24-21)13-18(26)23-15-6-5-7-16(12-15)29-3/h5-12H,4,13,22H2,1-3H3,(H,23,26). The first-order valence-electron chi connectivity index (χ1n) is 9.51. The average Bonchev–Trinajstić information content (AvgIpc) is 3.04. The van der Waals surface area contributed by atoms with Gasteiger partial charge < -0.3 is 11.1 Å². The van der Waals surface area contributed by atoms with E-state index in [2.05, 4.69) is 10.4 Å².